The van der Waals surface area contributed by atoms with Crippen LogP contribution < -0.4 is 15.4 Å². The normalized spacial score (nSPS) is 20.6. The van der Waals surface area contributed by atoms with Gasteiger partial charge in [-0.15, -0.1) is 0 Å². The highest BCUT2D eigenvalue weighted by Crippen LogP contribution is 2.52. The standard InChI is InChI=1S/C48H59N9O7/c1-25(2)39(54-47(60)62-5)45(58)56-19-9-13-35(56)43-49-23-33(52-43)28-16-18-32-31(21-28)38-41(51-32)30-17-15-29(22-37(30)64-42(38)27-11-7-8-12-27)34-24-50-44(53-34)36-14-10-20-57(36)46(59)40(26(3)4)55-48(61)63-6/h15-18,21-27,35-36,39-40,42,51H,7-14,19-20H2,1-6H3,(H,49,52)(H,50,53)(H,54,60)(H,55,61)/t35-,36-,39?,40-,42?/m0/s1. The number of rotatable bonds is 11. The third-order valence-electron chi connectivity index (χ3n) is 13.8. The van der Waals surface area contributed by atoms with Gasteiger partial charge in [0.25, 0.3) is 0 Å². The number of benzene rings is 2. The summed E-state index contributed by atoms with van der Waals surface area (Å²) in [6, 6.07) is 10.8. The van der Waals surface area contributed by atoms with E-state index in [0.29, 0.717) is 24.8 Å². The number of carbonyl (C=O) groups excluding carboxylic acids is 4. The summed E-state index contributed by atoms with van der Waals surface area (Å²) in [6.07, 6.45) is 10.00. The van der Waals surface area contributed by atoms with E-state index in [9.17, 15) is 19.2 Å². The van der Waals surface area contributed by atoms with E-state index >= 15 is 0 Å². The van der Waals surface area contributed by atoms with Crippen molar-refractivity contribution in [3.05, 3.63) is 66.0 Å². The Morgan fingerprint density at radius 2 is 1.23 bits per heavy atom. The average molecular weight is 874 g/mol. The lowest BCUT2D eigenvalue weighted by molar-refractivity contribution is -0.136. The molecule has 16 nitrogen and oxygen atoms in total. The molecule has 16 heteroatoms. The zero-order valence-corrected chi connectivity index (χ0v) is 37.5. The third kappa shape index (κ3) is 7.95. The Labute approximate surface area is 372 Å². The predicted molar refractivity (Wildman–Crippen MR) is 240 cm³/mol. The van der Waals surface area contributed by atoms with Gasteiger partial charge in [-0.3, -0.25) is 9.59 Å². The number of imidazole rings is 2. The maximum atomic E-state index is 13.8. The highest BCUT2D eigenvalue weighted by atomic mass is 16.5. The number of aromatic nitrogens is 5. The van der Waals surface area contributed by atoms with E-state index in [1.54, 1.807) is 0 Å². The summed E-state index contributed by atoms with van der Waals surface area (Å²) >= 11 is 0. The second kappa shape index (κ2) is 17.7. The molecule has 0 radical (unpaired) electrons. The average Bonchev–Trinajstić information content (AvgIpc) is 4.15. The second-order valence-corrected chi connectivity index (χ2v) is 18.4. The van der Waals surface area contributed by atoms with Gasteiger partial charge in [0.05, 0.1) is 55.8 Å². The first-order valence-electron chi connectivity index (χ1n) is 22.8. The summed E-state index contributed by atoms with van der Waals surface area (Å²) in [7, 11) is 2.59. The van der Waals surface area contributed by atoms with E-state index in [2.05, 4.69) is 62.0 Å². The van der Waals surface area contributed by atoms with Crippen LogP contribution in [0.25, 0.3) is 44.7 Å². The lowest BCUT2D eigenvalue weighted by atomic mass is 9.87. The maximum absolute atomic E-state index is 13.8. The number of alkyl carbamates (subject to hydrolysis) is 2. The SMILES string of the molecule is COC(=O)NC(C(=O)N1CCC[C@H]1c1ncc(-c2ccc3[nH]c4c(c3c2)C(C2CCCC2)Oc2cc(-c3cnc([C@@H]5CCCN5C(=O)[C@@H](NC(=O)OC)C(C)C)[nH]3)ccc2-4)[nH]1)C(C)C. The van der Waals surface area contributed by atoms with Crippen molar-refractivity contribution in [2.24, 2.45) is 17.8 Å². The number of H-pyrrole nitrogens is 3. The molecule has 1 aliphatic carbocycles. The number of fused-ring (bicyclic) bond motifs is 5. The molecule has 2 saturated heterocycles. The number of nitrogens with one attached hydrogen (secondary N) is 5. The highest BCUT2D eigenvalue weighted by Gasteiger charge is 2.40. The number of hydrogen-bond donors (Lipinski definition) is 5. The number of hydrogen-bond acceptors (Lipinski definition) is 9. The van der Waals surface area contributed by atoms with Gasteiger partial charge in [0.2, 0.25) is 11.8 Å². The molecule has 6 heterocycles. The largest absolute Gasteiger partial charge is 0.485 e. The van der Waals surface area contributed by atoms with Gasteiger partial charge >= 0.3 is 12.2 Å². The molecule has 5 aromatic rings. The second-order valence-electron chi connectivity index (χ2n) is 18.4. The number of methoxy groups -OCH3 is 2. The van der Waals surface area contributed by atoms with Gasteiger partial charge in [-0.25, -0.2) is 19.6 Å². The van der Waals surface area contributed by atoms with Gasteiger partial charge in [-0.05, 0) is 74.6 Å². The van der Waals surface area contributed by atoms with Crippen molar-refractivity contribution in [1.29, 1.82) is 0 Å². The van der Waals surface area contributed by atoms with Crippen LogP contribution in [-0.4, -0.2) is 98.1 Å². The molecular formula is C48H59N9O7. The zero-order chi connectivity index (χ0) is 44.8. The van der Waals surface area contributed by atoms with Crippen molar-refractivity contribution in [2.45, 2.75) is 109 Å². The summed E-state index contributed by atoms with van der Waals surface area (Å²) in [5.74, 6) is 2.08. The highest BCUT2D eigenvalue weighted by molar-refractivity contribution is 5.96. The molecule has 0 spiro atoms. The van der Waals surface area contributed by atoms with E-state index in [0.717, 1.165) is 94.8 Å². The Balaban J connectivity index is 0.990. The number of carbonyl (C=O) groups is 4. The van der Waals surface area contributed by atoms with Gasteiger partial charge in [-0.1, -0.05) is 52.7 Å². The molecule has 1 saturated carbocycles. The monoisotopic (exact) mass is 873 g/mol. The van der Waals surface area contributed by atoms with Crippen LogP contribution in [0.5, 0.6) is 5.75 Å². The first-order chi connectivity index (χ1) is 30.9. The van der Waals surface area contributed by atoms with Gasteiger partial charge in [0.1, 0.15) is 35.6 Å². The molecule has 4 aliphatic rings. The first-order valence-corrected chi connectivity index (χ1v) is 22.8. The summed E-state index contributed by atoms with van der Waals surface area (Å²) in [6.45, 7) is 8.80. The number of amides is 4. The van der Waals surface area contributed by atoms with Crippen molar-refractivity contribution in [3.8, 4) is 39.5 Å². The molecule has 3 fully saturated rings. The number of nitrogens with zero attached hydrogens (tertiary/aromatic N) is 4. The molecule has 3 aromatic heterocycles. The minimum absolute atomic E-state index is 0.119. The van der Waals surface area contributed by atoms with E-state index in [1.165, 1.54) is 32.6 Å². The van der Waals surface area contributed by atoms with E-state index in [4.69, 9.17) is 24.2 Å². The number of likely N-dealkylation sites (tertiary alicyclic amines) is 2. The van der Waals surface area contributed by atoms with Gasteiger partial charge in [0.15, 0.2) is 0 Å². The predicted octanol–water partition coefficient (Wildman–Crippen LogP) is 8.33. The molecule has 3 aliphatic heterocycles. The van der Waals surface area contributed by atoms with Crippen LogP contribution in [0.4, 0.5) is 9.59 Å². The summed E-state index contributed by atoms with van der Waals surface area (Å²) in [5, 5.41) is 6.56. The van der Waals surface area contributed by atoms with Crippen LogP contribution in [0.15, 0.2) is 48.8 Å². The van der Waals surface area contributed by atoms with Gasteiger partial charge in [-0.2, -0.15) is 0 Å². The van der Waals surface area contributed by atoms with Gasteiger partial charge < -0.3 is 49.6 Å². The third-order valence-corrected chi connectivity index (χ3v) is 13.8. The lowest BCUT2D eigenvalue weighted by Crippen LogP contribution is -2.51. The molecule has 5 N–H and O–H groups in total. The van der Waals surface area contributed by atoms with Crippen LogP contribution in [-0.2, 0) is 19.1 Å². The van der Waals surface area contributed by atoms with Crippen molar-refractivity contribution < 1.29 is 33.4 Å². The summed E-state index contributed by atoms with van der Waals surface area (Å²) < 4.78 is 16.7. The quantitative estimate of drug-likeness (QED) is 0.0866. The molecule has 2 unspecified atom stereocenters. The summed E-state index contributed by atoms with van der Waals surface area (Å²) in [5.41, 5.74) is 7.87. The molecule has 2 aromatic carbocycles. The van der Waals surface area contributed by atoms with Crippen LogP contribution in [0.1, 0.15) is 114 Å². The first kappa shape index (κ1) is 43.0. The van der Waals surface area contributed by atoms with Crippen molar-refractivity contribution in [1.82, 2.24) is 45.4 Å². The molecule has 5 atom stereocenters. The van der Waals surface area contributed by atoms with Crippen LogP contribution in [0.3, 0.4) is 0 Å². The molecule has 9 rings (SSSR count). The van der Waals surface area contributed by atoms with Crippen LogP contribution in [0.2, 0.25) is 0 Å². The fraction of sp³-hybridized carbons (Fsp3) is 0.500. The lowest BCUT2D eigenvalue weighted by Gasteiger charge is -2.31. The van der Waals surface area contributed by atoms with Crippen molar-refractivity contribution >= 4 is 34.9 Å². The Morgan fingerprint density at radius 1 is 0.703 bits per heavy atom. The minimum Gasteiger partial charge on any atom is -0.485 e. The zero-order valence-electron chi connectivity index (χ0n) is 37.5. The Kier molecular flexibility index (Phi) is 11.9. The minimum atomic E-state index is -0.706. The van der Waals surface area contributed by atoms with Crippen molar-refractivity contribution in [3.63, 3.8) is 0 Å². The Hall–Kier alpha value is -6.32. The van der Waals surface area contributed by atoms with Crippen LogP contribution in [0, 0.1) is 17.8 Å². The maximum Gasteiger partial charge on any atom is 0.407 e. The Morgan fingerprint density at radius 3 is 1.77 bits per heavy atom. The molecular weight excluding hydrogens is 815 g/mol. The topological polar surface area (TPSA) is 200 Å². The van der Waals surface area contributed by atoms with E-state index in [-0.39, 0.29) is 41.8 Å². The molecule has 0 bridgehead atoms. The smallest absolute Gasteiger partial charge is 0.407 e. The van der Waals surface area contributed by atoms with E-state index < -0.39 is 24.3 Å². The van der Waals surface area contributed by atoms with E-state index in [1.807, 2.05) is 49.9 Å². The Bertz CT molecular complexity index is 2550. The summed E-state index contributed by atoms with van der Waals surface area (Å²) in [4.78, 5) is 75.9. The van der Waals surface area contributed by atoms with Gasteiger partial charge in [0, 0.05) is 52.2 Å². The number of aromatic amines is 3. The fourth-order valence-corrected chi connectivity index (χ4v) is 10.4. The number of ether oxygens (including phenoxy) is 3. The van der Waals surface area contributed by atoms with Crippen molar-refractivity contribution in [2.75, 3.05) is 27.3 Å². The molecule has 338 valence electrons. The molecule has 64 heavy (non-hydrogen) atoms. The fourth-order valence-electron chi connectivity index (χ4n) is 10.4. The van der Waals surface area contributed by atoms with Crippen LogP contribution >= 0.6 is 0 Å². The molecule has 4 amide bonds.